The lowest BCUT2D eigenvalue weighted by molar-refractivity contribution is 0.0977. The van der Waals surface area contributed by atoms with Crippen LogP contribution in [0.25, 0.3) is 0 Å². The largest absolute Gasteiger partial charge is 0.497 e. The standard InChI is InChI=1S/C26H27ClN4O2S/c1-33-23-12-6-19(7-13-23)25(32)29-26(34)28-21-8-10-22(11-9-21)31-16-14-30(15-17-31)18-20-4-2-3-5-24(20)27/h2-13H,14-18H2,1H3,(H2,28,29,32,34). The van der Waals surface area contributed by atoms with Crippen molar-refractivity contribution in [2.75, 3.05) is 43.5 Å². The van der Waals surface area contributed by atoms with Crippen LogP contribution in [0.1, 0.15) is 15.9 Å². The van der Waals surface area contributed by atoms with E-state index >= 15 is 0 Å². The van der Waals surface area contributed by atoms with Crippen LogP contribution < -0.4 is 20.3 Å². The van der Waals surface area contributed by atoms with E-state index in [1.807, 2.05) is 30.3 Å². The second kappa shape index (κ2) is 11.3. The Bertz CT molecular complexity index is 1130. The van der Waals surface area contributed by atoms with Gasteiger partial charge in [0, 0.05) is 54.7 Å². The van der Waals surface area contributed by atoms with Gasteiger partial charge in [-0.1, -0.05) is 29.8 Å². The van der Waals surface area contributed by atoms with E-state index in [1.165, 1.54) is 5.56 Å². The van der Waals surface area contributed by atoms with Crippen LogP contribution in [0, 0.1) is 0 Å². The molecule has 0 saturated carbocycles. The van der Waals surface area contributed by atoms with Gasteiger partial charge in [-0.2, -0.15) is 0 Å². The highest BCUT2D eigenvalue weighted by atomic mass is 35.5. The molecule has 1 amide bonds. The van der Waals surface area contributed by atoms with E-state index in [1.54, 1.807) is 31.4 Å². The summed E-state index contributed by atoms with van der Waals surface area (Å²) in [6.45, 7) is 4.73. The van der Waals surface area contributed by atoms with Crippen LogP contribution in [-0.2, 0) is 6.54 Å². The molecule has 2 N–H and O–H groups in total. The smallest absolute Gasteiger partial charge is 0.257 e. The van der Waals surface area contributed by atoms with Gasteiger partial charge < -0.3 is 15.0 Å². The van der Waals surface area contributed by atoms with Gasteiger partial charge in [0.05, 0.1) is 7.11 Å². The van der Waals surface area contributed by atoms with Crippen LogP contribution in [0.15, 0.2) is 72.8 Å². The number of carbonyl (C=O) groups excluding carboxylic acids is 1. The van der Waals surface area contributed by atoms with Crippen LogP contribution in [0.4, 0.5) is 11.4 Å². The van der Waals surface area contributed by atoms with Crippen LogP contribution in [-0.4, -0.2) is 49.2 Å². The minimum absolute atomic E-state index is 0.252. The van der Waals surface area contributed by atoms with Crippen molar-refractivity contribution in [2.24, 2.45) is 0 Å². The highest BCUT2D eigenvalue weighted by Gasteiger charge is 2.18. The summed E-state index contributed by atoms with van der Waals surface area (Å²) in [6.07, 6.45) is 0. The van der Waals surface area contributed by atoms with E-state index in [9.17, 15) is 4.79 Å². The molecule has 1 heterocycles. The monoisotopic (exact) mass is 494 g/mol. The fourth-order valence-corrected chi connectivity index (χ4v) is 4.27. The predicted molar refractivity (Wildman–Crippen MR) is 142 cm³/mol. The lowest BCUT2D eigenvalue weighted by atomic mass is 10.2. The van der Waals surface area contributed by atoms with Gasteiger partial charge in [-0.05, 0) is 72.4 Å². The number of anilines is 2. The number of thiocarbonyl (C=S) groups is 1. The van der Waals surface area contributed by atoms with Gasteiger partial charge in [0.2, 0.25) is 0 Å². The van der Waals surface area contributed by atoms with Gasteiger partial charge in [0.1, 0.15) is 5.75 Å². The number of ether oxygens (including phenoxy) is 1. The molecule has 3 aromatic rings. The molecular formula is C26H27ClN4O2S. The summed E-state index contributed by atoms with van der Waals surface area (Å²) in [4.78, 5) is 17.2. The number of rotatable bonds is 6. The van der Waals surface area contributed by atoms with Crippen molar-refractivity contribution in [1.29, 1.82) is 0 Å². The van der Waals surface area contributed by atoms with Crippen molar-refractivity contribution in [2.45, 2.75) is 6.54 Å². The molecule has 1 aliphatic rings. The Balaban J connectivity index is 1.25. The maximum absolute atomic E-state index is 12.4. The molecular weight excluding hydrogens is 468 g/mol. The number of benzene rings is 3. The topological polar surface area (TPSA) is 56.8 Å². The Labute approximate surface area is 210 Å². The number of nitrogens with zero attached hydrogens (tertiary/aromatic N) is 2. The predicted octanol–water partition coefficient (Wildman–Crippen LogP) is 4.80. The molecule has 0 unspecified atom stereocenters. The highest BCUT2D eigenvalue weighted by Crippen LogP contribution is 2.22. The highest BCUT2D eigenvalue weighted by molar-refractivity contribution is 7.80. The normalized spacial score (nSPS) is 13.9. The Hall–Kier alpha value is -3.13. The van der Waals surface area contributed by atoms with Gasteiger partial charge in [-0.25, -0.2) is 0 Å². The SMILES string of the molecule is COc1ccc(C(=O)NC(=S)Nc2ccc(N3CCN(Cc4ccccc4Cl)CC3)cc2)cc1. The Morgan fingerprint density at radius 1 is 0.971 bits per heavy atom. The minimum atomic E-state index is -0.272. The second-order valence-electron chi connectivity index (χ2n) is 8.04. The summed E-state index contributed by atoms with van der Waals surface area (Å²) < 4.78 is 5.12. The van der Waals surface area contributed by atoms with E-state index in [0.29, 0.717) is 11.3 Å². The van der Waals surface area contributed by atoms with Crippen molar-refractivity contribution >= 4 is 46.2 Å². The van der Waals surface area contributed by atoms with E-state index in [2.05, 4.69) is 38.6 Å². The molecule has 1 aliphatic heterocycles. The zero-order valence-electron chi connectivity index (χ0n) is 19.0. The molecule has 0 radical (unpaired) electrons. The summed E-state index contributed by atoms with van der Waals surface area (Å²) in [7, 11) is 1.59. The van der Waals surface area contributed by atoms with Crippen LogP contribution in [0.3, 0.4) is 0 Å². The molecule has 0 aliphatic carbocycles. The number of hydrogen-bond donors (Lipinski definition) is 2. The lowest BCUT2D eigenvalue weighted by Crippen LogP contribution is -2.46. The van der Waals surface area contributed by atoms with Gasteiger partial charge in [-0.3, -0.25) is 15.0 Å². The first-order chi connectivity index (χ1) is 16.5. The van der Waals surface area contributed by atoms with E-state index in [4.69, 9.17) is 28.6 Å². The van der Waals surface area contributed by atoms with Crippen molar-refractivity contribution in [3.8, 4) is 5.75 Å². The number of piperazine rings is 1. The zero-order chi connectivity index (χ0) is 23.9. The van der Waals surface area contributed by atoms with Gasteiger partial charge in [-0.15, -0.1) is 0 Å². The molecule has 8 heteroatoms. The third-order valence-electron chi connectivity index (χ3n) is 5.79. The molecule has 176 valence electrons. The lowest BCUT2D eigenvalue weighted by Gasteiger charge is -2.36. The minimum Gasteiger partial charge on any atom is -0.497 e. The van der Waals surface area contributed by atoms with Gasteiger partial charge in [0.15, 0.2) is 5.11 Å². The van der Waals surface area contributed by atoms with E-state index in [0.717, 1.165) is 49.1 Å². The Kier molecular flexibility index (Phi) is 8.00. The molecule has 0 spiro atoms. The van der Waals surface area contributed by atoms with E-state index in [-0.39, 0.29) is 11.0 Å². The molecule has 6 nitrogen and oxygen atoms in total. The Morgan fingerprint density at radius 2 is 1.65 bits per heavy atom. The quantitative estimate of drug-likeness (QED) is 0.480. The van der Waals surface area contributed by atoms with Gasteiger partial charge in [0.25, 0.3) is 5.91 Å². The van der Waals surface area contributed by atoms with E-state index < -0.39 is 0 Å². The van der Waals surface area contributed by atoms with Crippen molar-refractivity contribution in [1.82, 2.24) is 10.2 Å². The molecule has 0 atom stereocenters. The molecule has 4 rings (SSSR count). The Morgan fingerprint density at radius 3 is 2.29 bits per heavy atom. The van der Waals surface area contributed by atoms with Gasteiger partial charge >= 0.3 is 0 Å². The summed E-state index contributed by atoms with van der Waals surface area (Å²) in [6, 6.07) is 23.0. The summed E-state index contributed by atoms with van der Waals surface area (Å²) in [5, 5.41) is 6.85. The van der Waals surface area contributed by atoms with Crippen LogP contribution in [0.5, 0.6) is 5.75 Å². The number of halogens is 1. The summed E-state index contributed by atoms with van der Waals surface area (Å²) in [5.41, 5.74) is 3.66. The maximum Gasteiger partial charge on any atom is 0.257 e. The number of amides is 1. The molecule has 0 aromatic heterocycles. The number of hydrogen-bond acceptors (Lipinski definition) is 5. The molecule has 1 fully saturated rings. The fourth-order valence-electron chi connectivity index (χ4n) is 3.87. The fraction of sp³-hybridized carbons (Fsp3) is 0.231. The molecule has 0 bridgehead atoms. The van der Waals surface area contributed by atoms with Crippen LogP contribution >= 0.6 is 23.8 Å². The molecule has 3 aromatic carbocycles. The number of methoxy groups -OCH3 is 1. The second-order valence-corrected chi connectivity index (χ2v) is 8.85. The average Bonchev–Trinajstić information content (AvgIpc) is 2.86. The van der Waals surface area contributed by atoms with Crippen molar-refractivity contribution in [3.63, 3.8) is 0 Å². The maximum atomic E-state index is 12.4. The third kappa shape index (κ3) is 6.26. The first-order valence-electron chi connectivity index (χ1n) is 11.1. The zero-order valence-corrected chi connectivity index (χ0v) is 20.5. The average molecular weight is 495 g/mol. The third-order valence-corrected chi connectivity index (χ3v) is 6.37. The molecule has 34 heavy (non-hydrogen) atoms. The first-order valence-corrected chi connectivity index (χ1v) is 11.9. The first kappa shape index (κ1) is 24.0. The number of nitrogens with one attached hydrogen (secondary N) is 2. The van der Waals surface area contributed by atoms with Crippen LogP contribution in [0.2, 0.25) is 5.02 Å². The summed E-state index contributed by atoms with van der Waals surface area (Å²) in [5.74, 6) is 0.422. The van der Waals surface area contributed by atoms with Crippen molar-refractivity contribution < 1.29 is 9.53 Å². The number of carbonyl (C=O) groups is 1. The van der Waals surface area contributed by atoms with Crippen molar-refractivity contribution in [3.05, 3.63) is 88.9 Å². The summed E-state index contributed by atoms with van der Waals surface area (Å²) >= 11 is 11.6. The molecule has 1 saturated heterocycles.